The summed E-state index contributed by atoms with van der Waals surface area (Å²) in [6, 6.07) is 1.95. The third-order valence-corrected chi connectivity index (χ3v) is 3.47. The number of methoxy groups -OCH3 is 1. The van der Waals surface area contributed by atoms with E-state index in [1.165, 1.54) is 0 Å². The summed E-state index contributed by atoms with van der Waals surface area (Å²) in [6.07, 6.45) is 3.20. The van der Waals surface area contributed by atoms with Gasteiger partial charge in [-0.3, -0.25) is 0 Å². The van der Waals surface area contributed by atoms with Crippen molar-refractivity contribution in [1.82, 2.24) is 9.97 Å². The van der Waals surface area contributed by atoms with E-state index in [1.54, 1.807) is 7.11 Å². The Morgan fingerprint density at radius 2 is 2.19 bits per heavy atom. The van der Waals surface area contributed by atoms with E-state index >= 15 is 0 Å². The van der Waals surface area contributed by atoms with Crippen LogP contribution in [0.15, 0.2) is 6.07 Å². The van der Waals surface area contributed by atoms with Gasteiger partial charge in [0.25, 0.3) is 0 Å². The van der Waals surface area contributed by atoms with Gasteiger partial charge >= 0.3 is 0 Å². The molecule has 0 saturated carbocycles. The van der Waals surface area contributed by atoms with Crippen LogP contribution in [0.25, 0.3) is 0 Å². The predicted molar refractivity (Wildman–Crippen MR) is 83.6 cm³/mol. The van der Waals surface area contributed by atoms with Gasteiger partial charge in [0.1, 0.15) is 18.2 Å². The fraction of sp³-hybridized carbons (Fsp3) is 0.733. The molecule has 0 amide bonds. The van der Waals surface area contributed by atoms with Gasteiger partial charge in [-0.1, -0.05) is 6.92 Å². The summed E-state index contributed by atoms with van der Waals surface area (Å²) >= 11 is 0. The molecule has 1 saturated heterocycles. The van der Waals surface area contributed by atoms with Crippen molar-refractivity contribution < 1.29 is 9.47 Å². The second kappa shape index (κ2) is 7.56. The maximum atomic E-state index is 5.58. The molecule has 0 bridgehead atoms. The smallest absolute Gasteiger partial charge is 0.158 e. The van der Waals surface area contributed by atoms with Crippen LogP contribution < -0.4 is 10.6 Å². The first-order valence-electron chi connectivity index (χ1n) is 7.62. The standard InChI is InChI=1S/C15H26N4O2/c1-4-7-16-12-9-13(18-14(17-12)10-20-3)19-15(2)6-5-8-21-11-15/h9H,4-8,10-11H2,1-3H3,(H2,16,17,18,19). The highest BCUT2D eigenvalue weighted by Crippen LogP contribution is 2.24. The first kappa shape index (κ1) is 16.0. The zero-order valence-electron chi connectivity index (χ0n) is 13.2. The van der Waals surface area contributed by atoms with Crippen LogP contribution in [0.5, 0.6) is 0 Å². The van der Waals surface area contributed by atoms with E-state index in [2.05, 4.69) is 34.4 Å². The normalized spacial score (nSPS) is 22.0. The van der Waals surface area contributed by atoms with Gasteiger partial charge in [0.2, 0.25) is 0 Å². The Hall–Kier alpha value is -1.40. The Balaban J connectivity index is 2.14. The number of nitrogens with zero attached hydrogens (tertiary/aromatic N) is 2. The molecule has 1 aliphatic rings. The van der Waals surface area contributed by atoms with Crippen LogP contribution in [0.3, 0.4) is 0 Å². The lowest BCUT2D eigenvalue weighted by atomic mass is 9.95. The number of hydrogen-bond acceptors (Lipinski definition) is 6. The molecular weight excluding hydrogens is 268 g/mol. The molecular formula is C15H26N4O2. The molecule has 118 valence electrons. The number of rotatable bonds is 7. The van der Waals surface area contributed by atoms with Crippen LogP contribution in [-0.2, 0) is 16.1 Å². The molecule has 0 aromatic carbocycles. The summed E-state index contributed by atoms with van der Waals surface area (Å²) in [6.45, 7) is 7.15. The van der Waals surface area contributed by atoms with Crippen molar-refractivity contribution in [3.05, 3.63) is 11.9 Å². The molecule has 0 spiro atoms. The van der Waals surface area contributed by atoms with Crippen LogP contribution in [0.1, 0.15) is 38.9 Å². The Bertz CT molecular complexity index is 447. The Morgan fingerprint density at radius 3 is 2.86 bits per heavy atom. The molecule has 2 N–H and O–H groups in total. The molecule has 6 heteroatoms. The zero-order chi connectivity index (χ0) is 15.1. The quantitative estimate of drug-likeness (QED) is 0.805. The van der Waals surface area contributed by atoms with E-state index < -0.39 is 0 Å². The summed E-state index contributed by atoms with van der Waals surface area (Å²) in [4.78, 5) is 8.99. The molecule has 1 aliphatic heterocycles. The Labute approximate surface area is 126 Å². The van der Waals surface area contributed by atoms with Gasteiger partial charge in [-0.05, 0) is 26.2 Å². The molecule has 6 nitrogen and oxygen atoms in total. The van der Waals surface area contributed by atoms with Crippen LogP contribution in [0, 0.1) is 0 Å². The maximum absolute atomic E-state index is 5.58. The minimum absolute atomic E-state index is 0.0705. The Morgan fingerprint density at radius 1 is 1.38 bits per heavy atom. The van der Waals surface area contributed by atoms with Crippen molar-refractivity contribution in [2.45, 2.75) is 45.3 Å². The van der Waals surface area contributed by atoms with Crippen molar-refractivity contribution in [2.24, 2.45) is 0 Å². The lowest BCUT2D eigenvalue weighted by molar-refractivity contribution is 0.0538. The van der Waals surface area contributed by atoms with E-state index in [9.17, 15) is 0 Å². The summed E-state index contributed by atoms with van der Waals surface area (Å²) in [5, 5.41) is 6.81. The van der Waals surface area contributed by atoms with Gasteiger partial charge in [0.05, 0.1) is 12.1 Å². The summed E-state index contributed by atoms with van der Waals surface area (Å²) in [5.74, 6) is 2.34. The molecule has 21 heavy (non-hydrogen) atoms. The average molecular weight is 294 g/mol. The van der Waals surface area contributed by atoms with E-state index in [1.807, 2.05) is 6.07 Å². The molecule has 1 aromatic heterocycles. The predicted octanol–water partition coefficient (Wildman–Crippen LogP) is 2.43. The molecule has 0 radical (unpaired) electrons. The third-order valence-electron chi connectivity index (χ3n) is 3.47. The fourth-order valence-corrected chi connectivity index (χ4v) is 2.44. The van der Waals surface area contributed by atoms with E-state index in [4.69, 9.17) is 9.47 Å². The zero-order valence-corrected chi connectivity index (χ0v) is 13.2. The van der Waals surface area contributed by atoms with Crippen molar-refractivity contribution in [2.75, 3.05) is 37.5 Å². The minimum atomic E-state index is -0.0705. The highest BCUT2D eigenvalue weighted by atomic mass is 16.5. The number of hydrogen-bond donors (Lipinski definition) is 2. The second-order valence-corrected chi connectivity index (χ2v) is 5.76. The molecule has 1 atom stereocenters. The van der Waals surface area contributed by atoms with Crippen molar-refractivity contribution >= 4 is 11.6 Å². The molecule has 1 aromatic rings. The van der Waals surface area contributed by atoms with Crippen molar-refractivity contribution in [3.63, 3.8) is 0 Å². The largest absolute Gasteiger partial charge is 0.379 e. The SMILES string of the molecule is CCCNc1cc(NC2(C)CCCOC2)nc(COC)n1. The van der Waals surface area contributed by atoms with Crippen LogP contribution in [-0.4, -0.2) is 42.4 Å². The molecule has 1 unspecified atom stereocenters. The Kier molecular flexibility index (Phi) is 5.76. The highest BCUT2D eigenvalue weighted by Gasteiger charge is 2.28. The number of ether oxygens (including phenoxy) is 2. The van der Waals surface area contributed by atoms with Gasteiger partial charge in [-0.2, -0.15) is 0 Å². The molecule has 2 heterocycles. The van der Waals surface area contributed by atoms with Crippen molar-refractivity contribution in [3.8, 4) is 0 Å². The molecule has 2 rings (SSSR count). The number of aromatic nitrogens is 2. The minimum Gasteiger partial charge on any atom is -0.379 e. The third kappa shape index (κ3) is 4.82. The summed E-state index contributed by atoms with van der Waals surface area (Å²) in [5.41, 5.74) is -0.0705. The van der Waals surface area contributed by atoms with Gasteiger partial charge in [0, 0.05) is 26.3 Å². The van der Waals surface area contributed by atoms with E-state index in [-0.39, 0.29) is 5.54 Å². The topological polar surface area (TPSA) is 68.3 Å². The van der Waals surface area contributed by atoms with Gasteiger partial charge < -0.3 is 20.1 Å². The van der Waals surface area contributed by atoms with E-state index in [0.717, 1.165) is 44.0 Å². The maximum Gasteiger partial charge on any atom is 0.158 e. The number of anilines is 2. The first-order valence-corrected chi connectivity index (χ1v) is 7.62. The highest BCUT2D eigenvalue weighted by molar-refractivity contribution is 5.49. The number of nitrogens with one attached hydrogen (secondary N) is 2. The van der Waals surface area contributed by atoms with Crippen LogP contribution in [0.2, 0.25) is 0 Å². The summed E-state index contributed by atoms with van der Waals surface area (Å²) in [7, 11) is 1.65. The summed E-state index contributed by atoms with van der Waals surface area (Å²) < 4.78 is 10.7. The van der Waals surface area contributed by atoms with Gasteiger partial charge in [-0.15, -0.1) is 0 Å². The fourth-order valence-electron chi connectivity index (χ4n) is 2.44. The van der Waals surface area contributed by atoms with Crippen LogP contribution in [0.4, 0.5) is 11.6 Å². The lowest BCUT2D eigenvalue weighted by Gasteiger charge is -2.34. The average Bonchev–Trinajstić information content (AvgIpc) is 2.45. The van der Waals surface area contributed by atoms with Gasteiger partial charge in [-0.25, -0.2) is 9.97 Å². The van der Waals surface area contributed by atoms with Crippen molar-refractivity contribution in [1.29, 1.82) is 0 Å². The van der Waals surface area contributed by atoms with E-state index in [0.29, 0.717) is 19.0 Å². The lowest BCUT2D eigenvalue weighted by Crippen LogP contribution is -2.43. The van der Waals surface area contributed by atoms with Crippen LogP contribution >= 0.6 is 0 Å². The van der Waals surface area contributed by atoms with Gasteiger partial charge in [0.15, 0.2) is 5.82 Å². The molecule has 1 fully saturated rings. The molecule has 0 aliphatic carbocycles. The second-order valence-electron chi connectivity index (χ2n) is 5.76. The first-order chi connectivity index (χ1) is 10.1. The monoisotopic (exact) mass is 294 g/mol.